The Hall–Kier alpha value is -0.850. The third kappa shape index (κ3) is 5.64. The predicted octanol–water partition coefficient (Wildman–Crippen LogP) is 3.18. The molecular formula is C15H23FIN3. The van der Waals surface area contributed by atoms with Crippen LogP contribution >= 0.6 is 24.0 Å². The number of rotatable bonds is 4. The first-order chi connectivity index (χ1) is 9.25. The minimum atomic E-state index is -0.172. The van der Waals surface area contributed by atoms with Crippen LogP contribution in [0.2, 0.25) is 0 Å². The van der Waals surface area contributed by atoms with E-state index in [0.29, 0.717) is 12.5 Å². The van der Waals surface area contributed by atoms with Crippen LogP contribution in [-0.4, -0.2) is 30.5 Å². The second kappa shape index (κ2) is 9.15. The van der Waals surface area contributed by atoms with Gasteiger partial charge in [-0.15, -0.1) is 24.0 Å². The number of guanidine groups is 1. The lowest BCUT2D eigenvalue weighted by Gasteiger charge is -2.27. The molecule has 1 aliphatic rings. The average molecular weight is 391 g/mol. The summed E-state index contributed by atoms with van der Waals surface area (Å²) < 4.78 is 13.0. The summed E-state index contributed by atoms with van der Waals surface area (Å²) in [5.41, 5.74) is 6.99. The summed E-state index contributed by atoms with van der Waals surface area (Å²) >= 11 is 0. The van der Waals surface area contributed by atoms with Crippen molar-refractivity contribution in [2.45, 2.75) is 32.1 Å². The van der Waals surface area contributed by atoms with E-state index in [2.05, 4.69) is 9.89 Å². The number of hydrogen-bond acceptors (Lipinski definition) is 1. The number of aliphatic imine (C=N–C) groups is 1. The van der Waals surface area contributed by atoms with Gasteiger partial charge in [-0.05, 0) is 49.8 Å². The summed E-state index contributed by atoms with van der Waals surface area (Å²) in [6.07, 6.45) is 5.45. The van der Waals surface area contributed by atoms with Crippen molar-refractivity contribution < 1.29 is 4.39 Å². The highest BCUT2D eigenvalue weighted by molar-refractivity contribution is 14.0. The van der Waals surface area contributed by atoms with Crippen LogP contribution in [0, 0.1) is 5.82 Å². The smallest absolute Gasteiger partial charge is 0.191 e. The highest BCUT2D eigenvalue weighted by atomic mass is 127. The van der Waals surface area contributed by atoms with Crippen LogP contribution in [0.25, 0.3) is 0 Å². The molecule has 1 aromatic rings. The summed E-state index contributed by atoms with van der Waals surface area (Å²) in [6.45, 7) is 2.76. The van der Waals surface area contributed by atoms with Crippen molar-refractivity contribution in [3.8, 4) is 0 Å². The minimum absolute atomic E-state index is 0. The van der Waals surface area contributed by atoms with E-state index >= 15 is 0 Å². The molecule has 2 rings (SSSR count). The molecule has 0 spiro atoms. The number of hydrogen-bond donors (Lipinski definition) is 1. The quantitative estimate of drug-likeness (QED) is 0.371. The molecule has 2 N–H and O–H groups in total. The lowest BCUT2D eigenvalue weighted by atomic mass is 10.1. The van der Waals surface area contributed by atoms with Gasteiger partial charge in [-0.1, -0.05) is 12.1 Å². The standard InChI is InChI=1S/C15H22FN3.HI/c16-14-8-4-6-13(12-14)7-5-9-18-15(17)19-10-2-1-3-11-19;/h4,6,8,12H,1-3,5,7,9-11H2,(H2,17,18);1H. The summed E-state index contributed by atoms with van der Waals surface area (Å²) in [5, 5.41) is 0. The summed E-state index contributed by atoms with van der Waals surface area (Å²) in [5.74, 6) is 0.493. The van der Waals surface area contributed by atoms with E-state index in [1.54, 1.807) is 12.1 Å². The van der Waals surface area contributed by atoms with Crippen LogP contribution in [0.5, 0.6) is 0 Å². The van der Waals surface area contributed by atoms with E-state index in [1.807, 2.05) is 6.07 Å². The fourth-order valence-electron chi connectivity index (χ4n) is 2.39. The fraction of sp³-hybridized carbons (Fsp3) is 0.533. The van der Waals surface area contributed by atoms with Gasteiger partial charge in [0, 0.05) is 19.6 Å². The van der Waals surface area contributed by atoms with Gasteiger partial charge < -0.3 is 10.6 Å². The van der Waals surface area contributed by atoms with Gasteiger partial charge in [0.05, 0.1) is 0 Å². The van der Waals surface area contributed by atoms with Crippen molar-refractivity contribution >= 4 is 29.9 Å². The molecule has 0 aliphatic carbocycles. The molecule has 112 valence electrons. The monoisotopic (exact) mass is 391 g/mol. The molecule has 0 amide bonds. The molecule has 0 bridgehead atoms. The van der Waals surface area contributed by atoms with Gasteiger partial charge in [0.2, 0.25) is 0 Å². The Morgan fingerprint density at radius 2 is 2.00 bits per heavy atom. The van der Waals surface area contributed by atoms with E-state index in [0.717, 1.165) is 31.5 Å². The maximum absolute atomic E-state index is 13.0. The normalized spacial score (nSPS) is 15.8. The molecule has 1 saturated heterocycles. The average Bonchev–Trinajstić information content (AvgIpc) is 2.44. The van der Waals surface area contributed by atoms with Crippen LogP contribution in [0.1, 0.15) is 31.2 Å². The van der Waals surface area contributed by atoms with Crippen molar-refractivity contribution in [1.29, 1.82) is 0 Å². The zero-order chi connectivity index (χ0) is 13.5. The first kappa shape index (κ1) is 17.2. The Morgan fingerprint density at radius 1 is 1.25 bits per heavy atom. The Labute approximate surface area is 137 Å². The van der Waals surface area contributed by atoms with Crippen molar-refractivity contribution in [1.82, 2.24) is 4.90 Å². The van der Waals surface area contributed by atoms with Gasteiger partial charge in [0.25, 0.3) is 0 Å². The SMILES string of the molecule is I.NC(=NCCCc1cccc(F)c1)N1CCCCC1. The largest absolute Gasteiger partial charge is 0.370 e. The molecule has 0 radical (unpaired) electrons. The Morgan fingerprint density at radius 3 is 2.70 bits per heavy atom. The van der Waals surface area contributed by atoms with Crippen molar-refractivity contribution in [2.24, 2.45) is 10.7 Å². The molecule has 1 aliphatic heterocycles. The highest BCUT2D eigenvalue weighted by Crippen LogP contribution is 2.09. The molecule has 0 unspecified atom stereocenters. The van der Waals surface area contributed by atoms with Crippen LogP contribution < -0.4 is 5.73 Å². The molecule has 1 fully saturated rings. The lowest BCUT2D eigenvalue weighted by Crippen LogP contribution is -2.40. The minimum Gasteiger partial charge on any atom is -0.370 e. The molecule has 1 aromatic carbocycles. The van der Waals surface area contributed by atoms with Crippen molar-refractivity contribution in [3.05, 3.63) is 35.6 Å². The summed E-state index contributed by atoms with van der Waals surface area (Å²) in [4.78, 5) is 6.57. The van der Waals surface area contributed by atoms with E-state index < -0.39 is 0 Å². The fourth-order valence-corrected chi connectivity index (χ4v) is 2.39. The van der Waals surface area contributed by atoms with E-state index in [-0.39, 0.29) is 29.8 Å². The van der Waals surface area contributed by atoms with Gasteiger partial charge in [-0.2, -0.15) is 0 Å². The number of aryl methyl sites for hydroxylation is 1. The second-order valence-electron chi connectivity index (χ2n) is 5.02. The van der Waals surface area contributed by atoms with E-state index in [4.69, 9.17) is 5.73 Å². The number of likely N-dealkylation sites (tertiary alicyclic amines) is 1. The van der Waals surface area contributed by atoms with Gasteiger partial charge in [0.15, 0.2) is 5.96 Å². The van der Waals surface area contributed by atoms with Gasteiger partial charge >= 0.3 is 0 Å². The molecule has 5 heteroatoms. The molecule has 0 atom stereocenters. The van der Waals surface area contributed by atoms with Crippen LogP contribution in [0.15, 0.2) is 29.3 Å². The zero-order valence-electron chi connectivity index (χ0n) is 11.7. The molecule has 1 heterocycles. The van der Waals surface area contributed by atoms with Gasteiger partial charge in [-0.25, -0.2) is 4.39 Å². The number of piperidine rings is 1. The lowest BCUT2D eigenvalue weighted by molar-refractivity contribution is 0.338. The number of benzene rings is 1. The zero-order valence-corrected chi connectivity index (χ0v) is 14.1. The van der Waals surface area contributed by atoms with Crippen molar-refractivity contribution in [3.63, 3.8) is 0 Å². The van der Waals surface area contributed by atoms with E-state index in [9.17, 15) is 4.39 Å². The molecule has 0 saturated carbocycles. The topological polar surface area (TPSA) is 41.6 Å². The third-order valence-corrected chi connectivity index (χ3v) is 3.47. The predicted molar refractivity (Wildman–Crippen MR) is 92.0 cm³/mol. The van der Waals surface area contributed by atoms with Crippen LogP contribution in [0.3, 0.4) is 0 Å². The highest BCUT2D eigenvalue weighted by Gasteiger charge is 2.11. The van der Waals surface area contributed by atoms with Crippen LogP contribution in [0.4, 0.5) is 4.39 Å². The number of halogens is 2. The van der Waals surface area contributed by atoms with Crippen molar-refractivity contribution in [2.75, 3.05) is 19.6 Å². The maximum Gasteiger partial charge on any atom is 0.191 e. The summed E-state index contributed by atoms with van der Waals surface area (Å²) in [6, 6.07) is 6.74. The first-order valence-corrected chi connectivity index (χ1v) is 7.05. The van der Waals surface area contributed by atoms with Gasteiger partial charge in [-0.3, -0.25) is 4.99 Å². The molecular weight excluding hydrogens is 368 g/mol. The van der Waals surface area contributed by atoms with Gasteiger partial charge in [0.1, 0.15) is 5.82 Å². The molecule has 0 aromatic heterocycles. The molecule has 3 nitrogen and oxygen atoms in total. The maximum atomic E-state index is 13.0. The summed E-state index contributed by atoms with van der Waals surface area (Å²) in [7, 11) is 0. The Kier molecular flexibility index (Phi) is 7.87. The third-order valence-electron chi connectivity index (χ3n) is 3.47. The number of nitrogens with two attached hydrogens (primary N) is 1. The second-order valence-corrected chi connectivity index (χ2v) is 5.02. The Balaban J connectivity index is 0.00000200. The Bertz CT molecular complexity index is 431. The molecule has 20 heavy (non-hydrogen) atoms. The van der Waals surface area contributed by atoms with E-state index in [1.165, 1.54) is 25.3 Å². The van der Waals surface area contributed by atoms with Crippen LogP contribution in [-0.2, 0) is 6.42 Å². The first-order valence-electron chi connectivity index (χ1n) is 7.05. The number of nitrogens with zero attached hydrogens (tertiary/aromatic N) is 2.